The van der Waals surface area contributed by atoms with E-state index in [1.54, 1.807) is 83.1 Å². The number of hydrogen-bond acceptors (Lipinski definition) is 3. The van der Waals surface area contributed by atoms with E-state index in [4.69, 9.17) is 9.90 Å². The first-order valence-corrected chi connectivity index (χ1v) is 25.7. The summed E-state index contributed by atoms with van der Waals surface area (Å²) in [4.78, 5) is 2.41. The number of fused-ring (bicyclic) bond motifs is 15. The van der Waals surface area contributed by atoms with E-state index in [2.05, 4.69) is 0 Å². The van der Waals surface area contributed by atoms with E-state index in [9.17, 15) is 30.2 Å². The Morgan fingerprint density at radius 3 is 1.58 bits per heavy atom. The van der Waals surface area contributed by atoms with Crippen LogP contribution in [0.1, 0.15) is 147 Å². The summed E-state index contributed by atoms with van der Waals surface area (Å²) in [5, 5.41) is -1.16. The number of hydrogen-bond donors (Lipinski definition) is 0. The normalized spacial score (nSPS) is 18.9. The van der Waals surface area contributed by atoms with Crippen molar-refractivity contribution in [3.05, 3.63) is 185 Å². The van der Waals surface area contributed by atoms with Crippen LogP contribution in [0.15, 0.2) is 162 Å². The summed E-state index contributed by atoms with van der Waals surface area (Å²) in [7, 11) is 0. The number of anilines is 6. The smallest absolute Gasteiger partial charge is 0.252 e. The quantitative estimate of drug-likeness (QED) is 0.162. The molecule has 0 spiro atoms. The second-order valence-corrected chi connectivity index (χ2v) is 24.6. The van der Waals surface area contributed by atoms with E-state index in [1.165, 1.54) is 16.4 Å². The Bertz CT molecular complexity index is 6070. The number of aromatic nitrogens is 2. The highest BCUT2D eigenvalue weighted by molar-refractivity contribution is 7.00. The molecule has 0 radical (unpaired) electrons. The summed E-state index contributed by atoms with van der Waals surface area (Å²) in [6.45, 7) is 20.4. The summed E-state index contributed by atoms with van der Waals surface area (Å²) in [5.41, 5.74) is -10.7. The average Bonchev–Trinajstić information content (AvgIpc) is 1.65. The van der Waals surface area contributed by atoms with E-state index in [1.807, 2.05) is 0 Å². The van der Waals surface area contributed by atoms with Crippen molar-refractivity contribution in [1.82, 2.24) is 9.13 Å². The molecule has 0 saturated carbocycles. The van der Waals surface area contributed by atoms with Gasteiger partial charge in [-0.05, 0) is 169 Å². The van der Waals surface area contributed by atoms with E-state index in [0.29, 0.717) is 0 Å². The molecule has 0 unspecified atom stereocenters. The minimum absolute atomic E-state index is 0.00213. The van der Waals surface area contributed by atoms with Gasteiger partial charge in [0.2, 0.25) is 0 Å². The van der Waals surface area contributed by atoms with Gasteiger partial charge in [0.15, 0.2) is 0 Å². The molecule has 6 heterocycles. The minimum atomic E-state index is -1.88. The topological polar surface area (TPSA) is 29.5 Å². The maximum Gasteiger partial charge on any atom is 0.252 e. The lowest BCUT2D eigenvalue weighted by atomic mass is 9.33. The van der Waals surface area contributed by atoms with Gasteiger partial charge in [-0.15, -0.1) is 0 Å². The number of benzene rings is 9. The Labute approximate surface area is 488 Å². The van der Waals surface area contributed by atoms with Crippen molar-refractivity contribution in [3.63, 3.8) is 0 Å². The van der Waals surface area contributed by atoms with Crippen LogP contribution in [-0.2, 0) is 21.7 Å². The van der Waals surface area contributed by atoms with Gasteiger partial charge in [0, 0.05) is 66.8 Å². The van der Waals surface area contributed by atoms with E-state index in [-0.39, 0.29) is 136 Å². The molecule has 0 N–H and O–H groups in total. The van der Waals surface area contributed by atoms with Crippen molar-refractivity contribution in [1.29, 1.82) is 0 Å². The van der Waals surface area contributed by atoms with Crippen molar-refractivity contribution in [2.75, 3.05) is 9.80 Å². The van der Waals surface area contributed by atoms with Crippen molar-refractivity contribution >= 4 is 123 Å². The van der Waals surface area contributed by atoms with Gasteiger partial charge < -0.3 is 23.4 Å². The van der Waals surface area contributed by atoms with Gasteiger partial charge in [-0.2, -0.15) is 0 Å². The SMILES string of the molecule is [2H]c1c([2H])c2c3c(c1[2H])-n1c4c([2H])c([2H])c(C(C)(C)C)c([2H])c4c4c([2H])c(C(C)(C)C)c([2H])c(c41)N3c1c([2H])c(C)c([2H])c3c1B2c1c([2H])c([2H])c(-n2c4c([2H])c([2H])c(C(C)(C)C)c([2H])c4c4c([2H])c(C(C)(C)C)c([2H])c([2H])c42)c([2H])c1N3c1c([2H])c([2H])c2c(oc3c([2H])c([2H])c([2H])c([2H])c32)c1[2H]. The lowest BCUT2D eigenvalue weighted by Gasteiger charge is -2.46. The number of para-hydroxylation sites is 2. The molecule has 3 aromatic heterocycles. The third kappa shape index (κ3) is 6.48. The Balaban J connectivity index is 1.23. The van der Waals surface area contributed by atoms with Crippen molar-refractivity contribution in [3.8, 4) is 11.4 Å². The highest BCUT2D eigenvalue weighted by atomic mass is 16.3. The third-order valence-corrected chi connectivity index (χ3v) is 15.0. The standard InChI is InChI=1S/C71H65BN4O/c1-40-31-60-65-61(32-40)76-62-37-44(71(11,12)13)36-52-51-35-43(70(8,9)10)23-30-57(51)75(66(52)62)58-19-16-18-54(67(58)76)72(65)53-27-25-45(38-59(53)74(60)46-24-26-48-47-17-14-15-20-63(47)77-64(48)39-46)73-55-28-21-41(68(2,3)4)33-49(55)50-34-42(69(5,6)7)22-29-56(50)73/h14-39H,1-13H3/i14D,15D,16D,17D,18D,19D,20D,21D,22D,23D,24D,25D,26D,27D,28D,29D,30D,31D,32D,33D,34D,35D,36D,37D,38D,39D. The zero-order valence-corrected chi connectivity index (χ0v) is 44.8. The van der Waals surface area contributed by atoms with Crippen LogP contribution in [0, 0.1) is 6.92 Å². The first-order valence-electron chi connectivity index (χ1n) is 38.7. The van der Waals surface area contributed by atoms with Crippen LogP contribution in [0.5, 0.6) is 0 Å². The lowest BCUT2D eigenvalue weighted by molar-refractivity contribution is 0.590. The van der Waals surface area contributed by atoms with Gasteiger partial charge in [-0.3, -0.25) is 0 Å². The summed E-state index contributed by atoms with van der Waals surface area (Å²) >= 11 is 0. The van der Waals surface area contributed by atoms with Crippen LogP contribution >= 0.6 is 0 Å². The fraction of sp³-hybridized carbons (Fsp3) is 0.239. The zero-order chi connectivity index (χ0) is 75.8. The zero-order valence-electron chi connectivity index (χ0n) is 70.8. The fourth-order valence-electron chi connectivity index (χ4n) is 11.1. The summed E-state index contributed by atoms with van der Waals surface area (Å²) in [5.74, 6) is 0. The van der Waals surface area contributed by atoms with Gasteiger partial charge in [0.25, 0.3) is 6.71 Å². The molecule has 9 aromatic carbocycles. The molecule has 5 nitrogen and oxygen atoms in total. The first-order chi connectivity index (χ1) is 47.6. The molecule has 0 amide bonds. The third-order valence-electron chi connectivity index (χ3n) is 15.0. The summed E-state index contributed by atoms with van der Waals surface area (Å²) in [6, 6.07) is -16.1. The van der Waals surface area contributed by atoms with Crippen LogP contribution in [0.25, 0.3) is 76.9 Å². The molecule has 0 fully saturated rings. The second-order valence-electron chi connectivity index (χ2n) is 24.6. The monoisotopic (exact) mass is 1030 g/mol. The van der Waals surface area contributed by atoms with Gasteiger partial charge in [0.05, 0.1) is 74.8 Å². The molecule has 15 rings (SSSR count). The maximum absolute atomic E-state index is 11.2. The van der Waals surface area contributed by atoms with E-state index < -0.39 is 205 Å². The van der Waals surface area contributed by atoms with Crippen LogP contribution in [0.2, 0.25) is 0 Å². The lowest BCUT2D eigenvalue weighted by Crippen LogP contribution is -2.61. The molecule has 0 bridgehead atoms. The Kier molecular flexibility index (Phi) is 5.29. The molecule has 12 aromatic rings. The van der Waals surface area contributed by atoms with Gasteiger partial charge in [0.1, 0.15) is 11.2 Å². The Morgan fingerprint density at radius 1 is 0.390 bits per heavy atom. The molecule has 3 aliphatic heterocycles. The molecular weight excluding hydrogens is 936 g/mol. The largest absolute Gasteiger partial charge is 0.456 e. The van der Waals surface area contributed by atoms with E-state index in [0.717, 1.165) is 9.47 Å². The van der Waals surface area contributed by atoms with Crippen molar-refractivity contribution in [2.24, 2.45) is 0 Å². The first kappa shape index (κ1) is 26.9. The molecule has 378 valence electrons. The van der Waals surface area contributed by atoms with Gasteiger partial charge in [-0.1, -0.05) is 137 Å². The molecule has 0 saturated heterocycles. The van der Waals surface area contributed by atoms with Crippen LogP contribution in [0.3, 0.4) is 0 Å². The average molecular weight is 1030 g/mol. The molecule has 77 heavy (non-hydrogen) atoms. The number of furan rings is 1. The Hall–Kier alpha value is -7.96. The molecule has 0 aliphatic carbocycles. The van der Waals surface area contributed by atoms with E-state index >= 15 is 0 Å². The summed E-state index contributed by atoms with van der Waals surface area (Å²) in [6.07, 6.45) is 0. The summed E-state index contributed by atoms with van der Waals surface area (Å²) < 4.78 is 269. The molecule has 0 atom stereocenters. The molecular formula is C71H65BN4O. The highest BCUT2D eigenvalue weighted by Crippen LogP contribution is 2.54. The predicted molar refractivity (Wildman–Crippen MR) is 330 cm³/mol. The molecule has 3 aliphatic rings. The number of rotatable bonds is 2. The predicted octanol–water partition coefficient (Wildman–Crippen LogP) is 17.7. The van der Waals surface area contributed by atoms with Crippen molar-refractivity contribution < 1.29 is 40.1 Å². The van der Waals surface area contributed by atoms with Crippen LogP contribution in [-0.4, -0.2) is 15.8 Å². The Morgan fingerprint density at radius 2 is 0.948 bits per heavy atom. The minimum Gasteiger partial charge on any atom is -0.456 e. The van der Waals surface area contributed by atoms with Crippen LogP contribution < -0.4 is 26.2 Å². The molecule has 6 heteroatoms. The highest BCUT2D eigenvalue weighted by Gasteiger charge is 2.47. The van der Waals surface area contributed by atoms with Crippen LogP contribution in [0.4, 0.5) is 34.1 Å². The van der Waals surface area contributed by atoms with Gasteiger partial charge in [-0.25, -0.2) is 0 Å². The maximum atomic E-state index is 11.2. The second kappa shape index (κ2) is 15.2. The number of nitrogens with zero attached hydrogens (tertiary/aromatic N) is 4. The van der Waals surface area contributed by atoms with Gasteiger partial charge >= 0.3 is 0 Å². The fourth-order valence-corrected chi connectivity index (χ4v) is 11.1. The van der Waals surface area contributed by atoms with Crippen molar-refractivity contribution in [2.45, 2.75) is 112 Å².